The standard InChI is InChI=1S/C11H18N2O/c1-8(2)13-5-9-3-4-11(14,7-12)10(9)6-13/h5-6,8,14H,3-4,7,12H2,1-2H3. The summed E-state index contributed by atoms with van der Waals surface area (Å²) in [6, 6.07) is 0.447. The lowest BCUT2D eigenvalue weighted by molar-refractivity contribution is 0.0476. The van der Waals surface area contributed by atoms with Crippen LogP contribution in [-0.4, -0.2) is 16.2 Å². The number of hydrogen-bond donors (Lipinski definition) is 2. The second-order valence-corrected chi connectivity index (χ2v) is 4.47. The van der Waals surface area contributed by atoms with Gasteiger partial charge in [0.2, 0.25) is 0 Å². The molecule has 1 aliphatic carbocycles. The number of aromatic nitrogens is 1. The van der Waals surface area contributed by atoms with E-state index in [1.807, 2.05) is 6.20 Å². The van der Waals surface area contributed by atoms with Gasteiger partial charge in [0.15, 0.2) is 0 Å². The number of fused-ring (bicyclic) bond motifs is 1. The topological polar surface area (TPSA) is 51.2 Å². The lowest BCUT2D eigenvalue weighted by atomic mass is 9.99. The van der Waals surface area contributed by atoms with Gasteiger partial charge in [0, 0.05) is 30.5 Å². The quantitative estimate of drug-likeness (QED) is 0.742. The van der Waals surface area contributed by atoms with Gasteiger partial charge in [-0.1, -0.05) is 0 Å². The molecule has 0 radical (unpaired) electrons. The second kappa shape index (κ2) is 3.11. The Hall–Kier alpha value is -0.800. The number of aryl methyl sites for hydroxylation is 1. The zero-order valence-electron chi connectivity index (χ0n) is 8.83. The second-order valence-electron chi connectivity index (χ2n) is 4.47. The average Bonchev–Trinajstić information content (AvgIpc) is 2.68. The molecule has 0 aliphatic heterocycles. The van der Waals surface area contributed by atoms with E-state index < -0.39 is 5.60 Å². The van der Waals surface area contributed by atoms with Gasteiger partial charge >= 0.3 is 0 Å². The highest BCUT2D eigenvalue weighted by atomic mass is 16.3. The van der Waals surface area contributed by atoms with Crippen LogP contribution in [0.5, 0.6) is 0 Å². The van der Waals surface area contributed by atoms with Crippen LogP contribution < -0.4 is 5.73 Å². The highest BCUT2D eigenvalue weighted by Gasteiger charge is 2.36. The summed E-state index contributed by atoms with van der Waals surface area (Å²) >= 11 is 0. The highest BCUT2D eigenvalue weighted by molar-refractivity contribution is 5.36. The van der Waals surface area contributed by atoms with Crippen molar-refractivity contribution in [3.8, 4) is 0 Å². The van der Waals surface area contributed by atoms with Crippen molar-refractivity contribution in [2.75, 3.05) is 6.54 Å². The first-order valence-electron chi connectivity index (χ1n) is 5.20. The highest BCUT2D eigenvalue weighted by Crippen LogP contribution is 2.37. The minimum Gasteiger partial charge on any atom is -0.384 e. The molecule has 0 saturated heterocycles. The lowest BCUT2D eigenvalue weighted by Gasteiger charge is -2.20. The SMILES string of the molecule is CC(C)n1cc2c(c1)C(O)(CN)CC2. The van der Waals surface area contributed by atoms with Crippen LogP contribution in [0.15, 0.2) is 12.4 Å². The molecule has 1 aromatic rings. The van der Waals surface area contributed by atoms with E-state index in [9.17, 15) is 5.11 Å². The van der Waals surface area contributed by atoms with Crippen molar-refractivity contribution in [2.45, 2.75) is 38.3 Å². The van der Waals surface area contributed by atoms with Gasteiger partial charge in [-0.3, -0.25) is 0 Å². The third kappa shape index (κ3) is 1.28. The first-order valence-corrected chi connectivity index (χ1v) is 5.20. The normalized spacial score (nSPS) is 25.8. The van der Waals surface area contributed by atoms with E-state index in [0.29, 0.717) is 12.6 Å². The smallest absolute Gasteiger partial charge is 0.104 e. The Morgan fingerprint density at radius 1 is 1.57 bits per heavy atom. The summed E-state index contributed by atoms with van der Waals surface area (Å²) in [5.74, 6) is 0. The van der Waals surface area contributed by atoms with Gasteiger partial charge in [0.25, 0.3) is 0 Å². The maximum absolute atomic E-state index is 10.2. The lowest BCUT2D eigenvalue weighted by Crippen LogP contribution is -2.32. The van der Waals surface area contributed by atoms with Gasteiger partial charge in [-0.15, -0.1) is 0 Å². The van der Waals surface area contributed by atoms with Gasteiger partial charge in [-0.25, -0.2) is 0 Å². The first kappa shape index (κ1) is 9.74. The maximum Gasteiger partial charge on any atom is 0.104 e. The Labute approximate surface area is 84.5 Å². The van der Waals surface area contributed by atoms with Gasteiger partial charge in [-0.2, -0.15) is 0 Å². The van der Waals surface area contributed by atoms with Crippen molar-refractivity contribution in [1.29, 1.82) is 0 Å². The molecule has 1 atom stereocenters. The molecule has 1 heterocycles. The largest absolute Gasteiger partial charge is 0.384 e. The minimum atomic E-state index is -0.768. The summed E-state index contributed by atoms with van der Waals surface area (Å²) in [6.07, 6.45) is 5.89. The molecule has 1 aromatic heterocycles. The predicted molar refractivity (Wildman–Crippen MR) is 56.1 cm³/mol. The van der Waals surface area contributed by atoms with Crippen LogP contribution in [0.1, 0.15) is 37.4 Å². The fourth-order valence-corrected chi connectivity index (χ4v) is 2.12. The van der Waals surface area contributed by atoms with E-state index >= 15 is 0 Å². The van der Waals surface area contributed by atoms with E-state index in [1.54, 1.807) is 0 Å². The van der Waals surface area contributed by atoms with Crippen LogP contribution in [0.3, 0.4) is 0 Å². The fraction of sp³-hybridized carbons (Fsp3) is 0.636. The molecule has 3 heteroatoms. The summed E-state index contributed by atoms with van der Waals surface area (Å²) in [5, 5.41) is 10.2. The Morgan fingerprint density at radius 2 is 2.29 bits per heavy atom. The average molecular weight is 194 g/mol. The maximum atomic E-state index is 10.2. The van der Waals surface area contributed by atoms with E-state index in [2.05, 4.69) is 24.6 Å². The number of nitrogens with two attached hydrogens (primary N) is 1. The number of rotatable bonds is 2. The Bertz CT molecular complexity index is 343. The summed E-state index contributed by atoms with van der Waals surface area (Å²) in [7, 11) is 0. The van der Waals surface area contributed by atoms with Gasteiger partial charge < -0.3 is 15.4 Å². The summed E-state index contributed by atoms with van der Waals surface area (Å²) in [6.45, 7) is 4.59. The Kier molecular flexibility index (Phi) is 2.16. The van der Waals surface area contributed by atoms with Crippen LogP contribution in [-0.2, 0) is 12.0 Å². The van der Waals surface area contributed by atoms with Crippen molar-refractivity contribution in [1.82, 2.24) is 4.57 Å². The van der Waals surface area contributed by atoms with E-state index in [-0.39, 0.29) is 0 Å². The summed E-state index contributed by atoms with van der Waals surface area (Å²) < 4.78 is 2.14. The minimum absolute atomic E-state index is 0.322. The molecular formula is C11H18N2O. The predicted octanol–water partition coefficient (Wildman–Crippen LogP) is 1.16. The summed E-state index contributed by atoms with van der Waals surface area (Å²) in [5.41, 5.74) is 7.13. The van der Waals surface area contributed by atoms with Crippen molar-refractivity contribution < 1.29 is 5.11 Å². The molecular weight excluding hydrogens is 176 g/mol. The molecule has 0 fully saturated rings. The summed E-state index contributed by atoms with van der Waals surface area (Å²) in [4.78, 5) is 0. The van der Waals surface area contributed by atoms with Crippen LogP contribution in [0.4, 0.5) is 0 Å². The van der Waals surface area contributed by atoms with Crippen molar-refractivity contribution in [3.63, 3.8) is 0 Å². The van der Waals surface area contributed by atoms with E-state index in [4.69, 9.17) is 5.73 Å². The van der Waals surface area contributed by atoms with Gasteiger partial charge in [0.1, 0.15) is 5.60 Å². The molecule has 1 aliphatic rings. The third-order valence-electron chi connectivity index (χ3n) is 3.17. The van der Waals surface area contributed by atoms with Gasteiger partial charge in [-0.05, 0) is 32.3 Å². The van der Waals surface area contributed by atoms with Gasteiger partial charge in [0.05, 0.1) is 0 Å². The zero-order chi connectivity index (χ0) is 10.3. The molecule has 0 bridgehead atoms. The van der Waals surface area contributed by atoms with Crippen molar-refractivity contribution in [3.05, 3.63) is 23.5 Å². The van der Waals surface area contributed by atoms with E-state index in [0.717, 1.165) is 18.4 Å². The first-order chi connectivity index (χ1) is 6.57. The molecule has 14 heavy (non-hydrogen) atoms. The molecule has 3 N–H and O–H groups in total. The molecule has 0 spiro atoms. The number of hydrogen-bond acceptors (Lipinski definition) is 2. The zero-order valence-corrected chi connectivity index (χ0v) is 8.83. The Morgan fingerprint density at radius 3 is 2.86 bits per heavy atom. The molecule has 2 rings (SSSR count). The third-order valence-corrected chi connectivity index (χ3v) is 3.17. The molecule has 3 nitrogen and oxygen atoms in total. The number of nitrogens with zero attached hydrogens (tertiary/aromatic N) is 1. The van der Waals surface area contributed by atoms with Crippen LogP contribution in [0, 0.1) is 0 Å². The molecule has 0 saturated carbocycles. The molecule has 78 valence electrons. The Balaban J connectivity index is 2.40. The van der Waals surface area contributed by atoms with Crippen LogP contribution in [0.2, 0.25) is 0 Å². The molecule has 0 aromatic carbocycles. The van der Waals surface area contributed by atoms with Crippen LogP contribution in [0.25, 0.3) is 0 Å². The molecule has 1 unspecified atom stereocenters. The number of aliphatic hydroxyl groups is 1. The molecule has 0 amide bonds. The van der Waals surface area contributed by atoms with Crippen molar-refractivity contribution >= 4 is 0 Å². The van der Waals surface area contributed by atoms with E-state index in [1.165, 1.54) is 5.56 Å². The van der Waals surface area contributed by atoms with Crippen molar-refractivity contribution in [2.24, 2.45) is 5.73 Å². The van der Waals surface area contributed by atoms with Crippen LogP contribution >= 0.6 is 0 Å². The monoisotopic (exact) mass is 194 g/mol. The fourth-order valence-electron chi connectivity index (χ4n) is 2.12.